The number of nitrogens with zero attached hydrogens (tertiary/aromatic N) is 1. The number of rotatable bonds is 6. The minimum absolute atomic E-state index is 0.00169. The van der Waals surface area contributed by atoms with Crippen molar-refractivity contribution in [3.63, 3.8) is 0 Å². The molecule has 0 saturated carbocycles. The summed E-state index contributed by atoms with van der Waals surface area (Å²) in [5, 5.41) is 5.20. The van der Waals surface area contributed by atoms with E-state index in [1.165, 1.54) is 4.31 Å². The molecular weight excluding hydrogens is 392 g/mol. The van der Waals surface area contributed by atoms with Crippen LogP contribution in [-0.2, 0) is 14.8 Å². The number of benzene rings is 1. The van der Waals surface area contributed by atoms with Crippen molar-refractivity contribution in [2.24, 2.45) is 11.8 Å². The number of amides is 1. The van der Waals surface area contributed by atoms with E-state index in [9.17, 15) is 13.2 Å². The van der Waals surface area contributed by atoms with Crippen molar-refractivity contribution in [3.05, 3.63) is 52.2 Å². The van der Waals surface area contributed by atoms with E-state index in [4.69, 9.17) is 0 Å². The molecule has 1 aliphatic rings. The number of carbonyl (C=O) groups excluding carboxylic acids is 1. The highest BCUT2D eigenvalue weighted by Gasteiger charge is 2.33. The van der Waals surface area contributed by atoms with Gasteiger partial charge in [0.15, 0.2) is 0 Å². The predicted molar refractivity (Wildman–Crippen MR) is 113 cm³/mol. The molecule has 1 atom stereocenters. The Morgan fingerprint density at radius 3 is 2.32 bits per heavy atom. The molecule has 1 aliphatic heterocycles. The molecule has 0 aliphatic carbocycles. The van der Waals surface area contributed by atoms with Crippen LogP contribution in [0, 0.1) is 18.8 Å². The van der Waals surface area contributed by atoms with Gasteiger partial charge in [-0.05, 0) is 49.3 Å². The van der Waals surface area contributed by atoms with Gasteiger partial charge in [-0.2, -0.15) is 4.31 Å². The summed E-state index contributed by atoms with van der Waals surface area (Å²) < 4.78 is 27.1. The maximum Gasteiger partial charge on any atom is 0.243 e. The number of hydrogen-bond acceptors (Lipinski definition) is 4. The molecule has 1 aromatic heterocycles. The van der Waals surface area contributed by atoms with E-state index in [1.54, 1.807) is 23.5 Å². The third kappa shape index (κ3) is 4.64. The van der Waals surface area contributed by atoms with Crippen LogP contribution in [0.2, 0.25) is 0 Å². The van der Waals surface area contributed by atoms with Crippen molar-refractivity contribution < 1.29 is 13.2 Å². The van der Waals surface area contributed by atoms with Crippen molar-refractivity contribution in [2.45, 2.75) is 44.6 Å². The minimum Gasteiger partial charge on any atom is -0.348 e. The van der Waals surface area contributed by atoms with E-state index >= 15 is 0 Å². The molecule has 28 heavy (non-hydrogen) atoms. The smallest absolute Gasteiger partial charge is 0.243 e. The van der Waals surface area contributed by atoms with E-state index in [0.29, 0.717) is 36.7 Å². The molecule has 1 N–H and O–H groups in total. The average molecular weight is 421 g/mol. The van der Waals surface area contributed by atoms with Crippen molar-refractivity contribution in [1.29, 1.82) is 0 Å². The summed E-state index contributed by atoms with van der Waals surface area (Å²) in [5.74, 6) is 0.176. The SMILES string of the molecule is Cc1ccc(S(=O)(=O)N2CCC(C(=O)NC(c3cccs3)C(C)C)CC2)cc1. The van der Waals surface area contributed by atoms with Crippen molar-refractivity contribution >= 4 is 27.3 Å². The monoisotopic (exact) mass is 420 g/mol. The highest BCUT2D eigenvalue weighted by molar-refractivity contribution is 7.89. The third-order valence-electron chi connectivity index (χ3n) is 5.30. The Bertz CT molecular complexity index is 882. The second-order valence-electron chi connectivity index (χ2n) is 7.74. The number of carbonyl (C=O) groups is 1. The van der Waals surface area contributed by atoms with E-state index in [2.05, 4.69) is 19.2 Å². The first kappa shape index (κ1) is 21.0. The van der Waals surface area contributed by atoms with Crippen LogP contribution in [0.5, 0.6) is 0 Å². The van der Waals surface area contributed by atoms with E-state index < -0.39 is 10.0 Å². The van der Waals surface area contributed by atoms with Gasteiger partial charge in [0.2, 0.25) is 15.9 Å². The van der Waals surface area contributed by atoms with Crippen molar-refractivity contribution in [1.82, 2.24) is 9.62 Å². The molecule has 0 spiro atoms. The molecule has 1 fully saturated rings. The van der Waals surface area contributed by atoms with Gasteiger partial charge < -0.3 is 5.32 Å². The summed E-state index contributed by atoms with van der Waals surface area (Å²) in [6.07, 6.45) is 1.10. The van der Waals surface area contributed by atoms with Gasteiger partial charge in [0.25, 0.3) is 0 Å². The standard InChI is InChI=1S/C21H28N2O3S2/c1-15(2)20(19-5-4-14-27-19)22-21(24)17-10-12-23(13-11-17)28(25,26)18-8-6-16(3)7-9-18/h4-9,14-15,17,20H,10-13H2,1-3H3,(H,22,24). The maximum absolute atomic E-state index is 12.8. The van der Waals surface area contributed by atoms with Crippen LogP contribution in [0.4, 0.5) is 0 Å². The number of thiophene rings is 1. The van der Waals surface area contributed by atoms with Gasteiger partial charge in [-0.15, -0.1) is 11.3 Å². The van der Waals surface area contributed by atoms with E-state index in [1.807, 2.05) is 36.6 Å². The van der Waals surface area contributed by atoms with Gasteiger partial charge in [0, 0.05) is 23.9 Å². The van der Waals surface area contributed by atoms with Gasteiger partial charge in [-0.3, -0.25) is 4.79 Å². The summed E-state index contributed by atoms with van der Waals surface area (Å²) in [5.41, 5.74) is 1.03. The number of sulfonamides is 1. The maximum atomic E-state index is 12.8. The first-order valence-corrected chi connectivity index (χ1v) is 12.0. The second kappa shape index (κ2) is 8.76. The summed E-state index contributed by atoms with van der Waals surface area (Å²) in [4.78, 5) is 14.3. The molecule has 0 bridgehead atoms. The van der Waals surface area contributed by atoms with Crippen LogP contribution in [0.3, 0.4) is 0 Å². The molecule has 2 heterocycles. The fourth-order valence-electron chi connectivity index (χ4n) is 3.52. The van der Waals surface area contributed by atoms with Gasteiger partial charge in [-0.25, -0.2) is 8.42 Å². The van der Waals surface area contributed by atoms with Crippen LogP contribution in [0.25, 0.3) is 0 Å². The zero-order valence-electron chi connectivity index (χ0n) is 16.6. The molecule has 7 heteroatoms. The zero-order valence-corrected chi connectivity index (χ0v) is 18.2. The van der Waals surface area contributed by atoms with Gasteiger partial charge >= 0.3 is 0 Å². The second-order valence-corrected chi connectivity index (χ2v) is 10.7. The lowest BCUT2D eigenvalue weighted by molar-refractivity contribution is -0.127. The lowest BCUT2D eigenvalue weighted by Crippen LogP contribution is -2.44. The highest BCUT2D eigenvalue weighted by atomic mass is 32.2. The Kier molecular flexibility index (Phi) is 6.58. The Labute approximate surface area is 171 Å². The third-order valence-corrected chi connectivity index (χ3v) is 8.17. The Morgan fingerprint density at radius 2 is 1.79 bits per heavy atom. The zero-order chi connectivity index (χ0) is 20.3. The summed E-state index contributed by atoms with van der Waals surface area (Å²) in [7, 11) is -3.50. The summed E-state index contributed by atoms with van der Waals surface area (Å²) in [6, 6.07) is 11.0. The lowest BCUT2D eigenvalue weighted by atomic mass is 9.95. The molecule has 1 amide bonds. The molecular formula is C21H28N2O3S2. The van der Waals surface area contributed by atoms with Crippen LogP contribution < -0.4 is 5.32 Å². The molecule has 1 aromatic carbocycles. The highest BCUT2D eigenvalue weighted by Crippen LogP contribution is 2.28. The summed E-state index contributed by atoms with van der Waals surface area (Å²) >= 11 is 1.65. The quantitative estimate of drug-likeness (QED) is 0.769. The normalized spacial score (nSPS) is 17.6. The van der Waals surface area contributed by atoms with Crippen LogP contribution in [0.1, 0.15) is 43.2 Å². The van der Waals surface area contributed by atoms with Crippen LogP contribution in [0.15, 0.2) is 46.7 Å². The lowest BCUT2D eigenvalue weighted by Gasteiger charge is -2.32. The van der Waals surface area contributed by atoms with Crippen LogP contribution >= 0.6 is 11.3 Å². The summed E-state index contributed by atoms with van der Waals surface area (Å²) in [6.45, 7) is 6.88. The number of aryl methyl sites for hydroxylation is 1. The first-order valence-electron chi connectivity index (χ1n) is 9.69. The topological polar surface area (TPSA) is 66.5 Å². The minimum atomic E-state index is -3.50. The Hall–Kier alpha value is -1.70. The van der Waals surface area contributed by atoms with Crippen molar-refractivity contribution in [2.75, 3.05) is 13.1 Å². The van der Waals surface area contributed by atoms with Gasteiger partial charge in [-0.1, -0.05) is 37.6 Å². The number of nitrogens with one attached hydrogen (secondary N) is 1. The predicted octanol–water partition coefficient (Wildman–Crippen LogP) is 3.97. The molecule has 0 radical (unpaired) electrons. The van der Waals surface area contributed by atoms with Gasteiger partial charge in [0.05, 0.1) is 10.9 Å². The molecule has 1 unspecified atom stereocenters. The van der Waals surface area contributed by atoms with Crippen LogP contribution in [-0.4, -0.2) is 31.7 Å². The largest absolute Gasteiger partial charge is 0.348 e. The molecule has 152 valence electrons. The average Bonchev–Trinajstić information content (AvgIpc) is 3.20. The van der Waals surface area contributed by atoms with E-state index in [-0.39, 0.29) is 17.9 Å². The Morgan fingerprint density at radius 1 is 1.14 bits per heavy atom. The molecule has 5 nitrogen and oxygen atoms in total. The van der Waals surface area contributed by atoms with E-state index in [0.717, 1.165) is 10.4 Å². The molecule has 2 aromatic rings. The molecule has 1 saturated heterocycles. The fraction of sp³-hybridized carbons (Fsp3) is 0.476. The van der Waals surface area contributed by atoms with Crippen molar-refractivity contribution in [3.8, 4) is 0 Å². The number of piperidine rings is 1. The molecule has 3 rings (SSSR count). The first-order chi connectivity index (χ1) is 13.3. The van der Waals surface area contributed by atoms with Gasteiger partial charge in [0.1, 0.15) is 0 Å². The Balaban J connectivity index is 1.61. The number of hydrogen-bond donors (Lipinski definition) is 1. The fourth-order valence-corrected chi connectivity index (χ4v) is 5.94.